The number of likely N-dealkylation sites (tertiary alicyclic amines) is 1. The Hall–Kier alpha value is -2.82. The molecule has 1 heterocycles. The molecule has 3 amide bonds. The van der Waals surface area contributed by atoms with Gasteiger partial charge < -0.3 is 15.5 Å². The predicted octanol–water partition coefficient (Wildman–Crippen LogP) is 4.16. The third-order valence-corrected chi connectivity index (χ3v) is 5.06. The van der Waals surface area contributed by atoms with Gasteiger partial charge in [0, 0.05) is 36.8 Å². The fourth-order valence-electron chi connectivity index (χ4n) is 3.51. The normalized spacial score (nSPS) is 16.7. The first-order valence-corrected chi connectivity index (χ1v) is 9.58. The van der Waals surface area contributed by atoms with Crippen molar-refractivity contribution in [2.75, 3.05) is 25.0 Å². The lowest BCUT2D eigenvalue weighted by molar-refractivity contribution is 0.0956. The van der Waals surface area contributed by atoms with Gasteiger partial charge >= 0.3 is 6.03 Å². The summed E-state index contributed by atoms with van der Waals surface area (Å²) in [4.78, 5) is 26.8. The van der Waals surface area contributed by atoms with Crippen molar-refractivity contribution in [2.45, 2.75) is 32.6 Å². The minimum atomic E-state index is -0.130. The maximum absolute atomic E-state index is 12.8. The molecule has 0 radical (unpaired) electrons. The van der Waals surface area contributed by atoms with Crippen LogP contribution in [0.4, 0.5) is 10.5 Å². The van der Waals surface area contributed by atoms with Crippen LogP contribution < -0.4 is 10.6 Å². The van der Waals surface area contributed by atoms with Gasteiger partial charge in [-0.1, -0.05) is 36.4 Å². The van der Waals surface area contributed by atoms with Crippen LogP contribution in [0.15, 0.2) is 48.5 Å². The number of nitrogens with zero attached hydrogens (tertiary/aromatic N) is 1. The topological polar surface area (TPSA) is 61.4 Å². The van der Waals surface area contributed by atoms with Gasteiger partial charge in [-0.15, -0.1) is 0 Å². The van der Waals surface area contributed by atoms with Gasteiger partial charge in [-0.2, -0.15) is 0 Å². The quantitative estimate of drug-likeness (QED) is 0.855. The van der Waals surface area contributed by atoms with Gasteiger partial charge in [-0.25, -0.2) is 4.79 Å². The number of nitrogens with one attached hydrogen (secondary N) is 2. The monoisotopic (exact) mass is 365 g/mol. The fourth-order valence-corrected chi connectivity index (χ4v) is 3.51. The molecule has 5 heteroatoms. The zero-order valence-electron chi connectivity index (χ0n) is 16.0. The Kier molecular flexibility index (Phi) is 6.12. The standard InChI is InChI=1S/C22H27N3O2/c1-3-23-21(26)18-12-11-16(2)20(14-18)24-22(27)25-13-7-10-19(15-25)17-8-5-4-6-9-17/h4-6,8-9,11-12,14,19H,3,7,10,13,15H2,1-2H3,(H,23,26)(H,24,27). The molecule has 27 heavy (non-hydrogen) atoms. The average Bonchev–Trinajstić information content (AvgIpc) is 2.70. The molecular weight excluding hydrogens is 338 g/mol. The predicted molar refractivity (Wildman–Crippen MR) is 108 cm³/mol. The minimum absolute atomic E-state index is 0.105. The Labute approximate surface area is 160 Å². The van der Waals surface area contributed by atoms with Crippen LogP contribution in [0.25, 0.3) is 0 Å². The fraction of sp³-hybridized carbons (Fsp3) is 0.364. The van der Waals surface area contributed by atoms with E-state index in [0.29, 0.717) is 30.3 Å². The van der Waals surface area contributed by atoms with E-state index in [1.54, 1.807) is 12.1 Å². The van der Waals surface area contributed by atoms with Crippen molar-refractivity contribution in [3.63, 3.8) is 0 Å². The van der Waals surface area contributed by atoms with Crippen molar-refractivity contribution in [2.24, 2.45) is 0 Å². The summed E-state index contributed by atoms with van der Waals surface area (Å²) >= 11 is 0. The van der Waals surface area contributed by atoms with E-state index in [9.17, 15) is 9.59 Å². The van der Waals surface area contributed by atoms with Crippen LogP contribution in [0.3, 0.4) is 0 Å². The van der Waals surface area contributed by atoms with E-state index in [1.807, 2.05) is 43.0 Å². The van der Waals surface area contributed by atoms with E-state index in [0.717, 1.165) is 24.9 Å². The number of hydrogen-bond acceptors (Lipinski definition) is 2. The first kappa shape index (κ1) is 19.0. The largest absolute Gasteiger partial charge is 0.352 e. The maximum atomic E-state index is 12.8. The van der Waals surface area contributed by atoms with E-state index in [1.165, 1.54) is 5.56 Å². The summed E-state index contributed by atoms with van der Waals surface area (Å²) in [6.45, 7) is 5.85. The SMILES string of the molecule is CCNC(=O)c1ccc(C)c(NC(=O)N2CCCC(c3ccccc3)C2)c1. The Bertz CT molecular complexity index is 804. The molecule has 0 bridgehead atoms. The van der Waals surface area contributed by atoms with Crippen LogP contribution >= 0.6 is 0 Å². The Balaban J connectivity index is 1.69. The van der Waals surface area contributed by atoms with Gasteiger partial charge in [0.25, 0.3) is 5.91 Å². The zero-order valence-corrected chi connectivity index (χ0v) is 16.0. The highest BCUT2D eigenvalue weighted by molar-refractivity contribution is 5.97. The summed E-state index contributed by atoms with van der Waals surface area (Å²) in [5.74, 6) is 0.239. The number of carbonyl (C=O) groups excluding carboxylic acids is 2. The van der Waals surface area contributed by atoms with Gasteiger partial charge in [0.05, 0.1) is 0 Å². The molecular formula is C22H27N3O2. The molecule has 1 unspecified atom stereocenters. The molecule has 0 aromatic heterocycles. The summed E-state index contributed by atoms with van der Waals surface area (Å²) in [6.07, 6.45) is 2.09. The molecule has 0 aliphatic carbocycles. The van der Waals surface area contributed by atoms with E-state index in [-0.39, 0.29) is 11.9 Å². The number of amides is 3. The summed E-state index contributed by atoms with van der Waals surface area (Å²) in [6, 6.07) is 15.7. The van der Waals surface area contributed by atoms with E-state index in [2.05, 4.69) is 22.8 Å². The maximum Gasteiger partial charge on any atom is 0.321 e. The molecule has 0 saturated carbocycles. The molecule has 1 atom stereocenters. The third-order valence-electron chi connectivity index (χ3n) is 5.06. The number of anilines is 1. The molecule has 142 valence electrons. The van der Waals surface area contributed by atoms with Crippen LogP contribution in [-0.4, -0.2) is 36.5 Å². The molecule has 1 aliphatic rings. The number of piperidine rings is 1. The lowest BCUT2D eigenvalue weighted by atomic mass is 9.91. The van der Waals surface area contributed by atoms with E-state index >= 15 is 0 Å². The Morgan fingerprint density at radius 1 is 1.15 bits per heavy atom. The molecule has 2 aromatic rings. The first-order chi connectivity index (χ1) is 13.1. The molecule has 1 fully saturated rings. The molecule has 3 rings (SSSR count). The minimum Gasteiger partial charge on any atom is -0.352 e. The van der Waals surface area contributed by atoms with Gasteiger partial charge in [-0.05, 0) is 49.9 Å². The summed E-state index contributed by atoms with van der Waals surface area (Å²) < 4.78 is 0. The lowest BCUT2D eigenvalue weighted by Crippen LogP contribution is -2.41. The van der Waals surface area contributed by atoms with Crippen LogP contribution in [0, 0.1) is 6.92 Å². The van der Waals surface area contributed by atoms with Crippen molar-refractivity contribution in [3.8, 4) is 0 Å². The molecule has 2 aromatic carbocycles. The van der Waals surface area contributed by atoms with Gasteiger partial charge in [0.1, 0.15) is 0 Å². The number of aryl methyl sites for hydroxylation is 1. The number of rotatable bonds is 4. The smallest absolute Gasteiger partial charge is 0.321 e. The molecule has 5 nitrogen and oxygen atoms in total. The number of carbonyl (C=O) groups is 2. The van der Waals surface area contributed by atoms with Gasteiger partial charge in [0.15, 0.2) is 0 Å². The average molecular weight is 365 g/mol. The van der Waals surface area contributed by atoms with Gasteiger partial charge in [0.2, 0.25) is 0 Å². The van der Waals surface area contributed by atoms with Crippen LogP contribution in [0.2, 0.25) is 0 Å². The Morgan fingerprint density at radius 2 is 1.93 bits per heavy atom. The number of urea groups is 1. The van der Waals surface area contributed by atoms with Crippen molar-refractivity contribution < 1.29 is 9.59 Å². The van der Waals surface area contributed by atoms with Crippen LogP contribution in [0.1, 0.15) is 47.2 Å². The second kappa shape index (κ2) is 8.71. The second-order valence-corrected chi connectivity index (χ2v) is 7.02. The highest BCUT2D eigenvalue weighted by Crippen LogP contribution is 2.27. The van der Waals surface area contributed by atoms with E-state index in [4.69, 9.17) is 0 Å². The number of benzene rings is 2. The van der Waals surface area contributed by atoms with Crippen molar-refractivity contribution >= 4 is 17.6 Å². The van der Waals surface area contributed by atoms with Crippen LogP contribution in [0.5, 0.6) is 0 Å². The number of hydrogen-bond donors (Lipinski definition) is 2. The molecule has 2 N–H and O–H groups in total. The highest BCUT2D eigenvalue weighted by atomic mass is 16.2. The van der Waals surface area contributed by atoms with Crippen molar-refractivity contribution in [1.29, 1.82) is 0 Å². The summed E-state index contributed by atoms with van der Waals surface area (Å²) in [5, 5.41) is 5.78. The molecule has 0 spiro atoms. The first-order valence-electron chi connectivity index (χ1n) is 9.58. The van der Waals surface area contributed by atoms with Crippen molar-refractivity contribution in [3.05, 3.63) is 65.2 Å². The lowest BCUT2D eigenvalue weighted by Gasteiger charge is -2.33. The molecule has 1 aliphatic heterocycles. The van der Waals surface area contributed by atoms with E-state index < -0.39 is 0 Å². The van der Waals surface area contributed by atoms with Gasteiger partial charge in [-0.3, -0.25) is 4.79 Å². The third kappa shape index (κ3) is 4.67. The summed E-state index contributed by atoms with van der Waals surface area (Å²) in [5.41, 5.74) is 3.46. The second-order valence-electron chi connectivity index (χ2n) is 7.02. The zero-order chi connectivity index (χ0) is 19.2. The van der Waals surface area contributed by atoms with Crippen LogP contribution in [-0.2, 0) is 0 Å². The van der Waals surface area contributed by atoms with Crippen molar-refractivity contribution in [1.82, 2.24) is 10.2 Å². The molecule has 1 saturated heterocycles. The summed E-state index contributed by atoms with van der Waals surface area (Å²) in [7, 11) is 0. The highest BCUT2D eigenvalue weighted by Gasteiger charge is 2.25. The Morgan fingerprint density at radius 3 is 2.67 bits per heavy atom.